The van der Waals surface area contributed by atoms with Crippen LogP contribution in [0.5, 0.6) is 5.75 Å². The Bertz CT molecular complexity index is 845. The van der Waals surface area contributed by atoms with Crippen molar-refractivity contribution in [3.05, 3.63) is 34.1 Å². The normalized spacial score (nSPS) is 23.3. The molecule has 0 spiro atoms. The average molecular weight is 377 g/mol. The van der Waals surface area contributed by atoms with Gasteiger partial charge in [-0.25, -0.2) is 9.37 Å². The summed E-state index contributed by atoms with van der Waals surface area (Å²) < 4.78 is 20.0. The summed E-state index contributed by atoms with van der Waals surface area (Å²) in [6.07, 6.45) is 6.62. The van der Waals surface area contributed by atoms with Crippen molar-refractivity contribution in [1.82, 2.24) is 9.97 Å². The standard InChI is InChI=1S/C19H24FN3O2S/c20-15-7-13(25-9-11-1-2-11)8-16-18(15)19(24)23-17(22-16)10-26-14-5-3-12(21)4-6-14/h7-8,11-12,14H,1-6,9-10,21H2,(H,22,23,24)/t12-,14-. The molecule has 0 radical (unpaired) electrons. The highest BCUT2D eigenvalue weighted by Gasteiger charge is 2.23. The minimum absolute atomic E-state index is 0.00108. The zero-order valence-corrected chi connectivity index (χ0v) is 15.5. The van der Waals surface area contributed by atoms with E-state index in [-0.39, 0.29) is 5.39 Å². The van der Waals surface area contributed by atoms with Gasteiger partial charge >= 0.3 is 0 Å². The molecule has 26 heavy (non-hydrogen) atoms. The summed E-state index contributed by atoms with van der Waals surface area (Å²) in [5, 5.41) is 0.543. The molecule has 0 bridgehead atoms. The number of halogens is 1. The summed E-state index contributed by atoms with van der Waals surface area (Å²) in [4.78, 5) is 19.5. The first-order chi connectivity index (χ1) is 12.6. The molecule has 0 saturated heterocycles. The number of nitrogens with one attached hydrogen (secondary N) is 1. The number of nitrogens with zero attached hydrogens (tertiary/aromatic N) is 1. The molecule has 2 saturated carbocycles. The molecule has 1 heterocycles. The van der Waals surface area contributed by atoms with Crippen molar-refractivity contribution < 1.29 is 9.13 Å². The lowest BCUT2D eigenvalue weighted by atomic mass is 9.96. The first-order valence-electron chi connectivity index (χ1n) is 9.31. The number of hydrogen-bond donors (Lipinski definition) is 2. The highest BCUT2D eigenvalue weighted by molar-refractivity contribution is 7.99. The van der Waals surface area contributed by atoms with Crippen molar-refractivity contribution in [3.8, 4) is 5.75 Å². The van der Waals surface area contributed by atoms with Crippen LogP contribution in [0.3, 0.4) is 0 Å². The molecule has 3 N–H and O–H groups in total. The number of thioether (sulfide) groups is 1. The van der Waals surface area contributed by atoms with Crippen LogP contribution in [0.15, 0.2) is 16.9 Å². The molecule has 2 aliphatic rings. The predicted molar refractivity (Wildman–Crippen MR) is 102 cm³/mol. The van der Waals surface area contributed by atoms with E-state index in [0.717, 1.165) is 25.7 Å². The number of fused-ring (bicyclic) bond motifs is 1. The second kappa shape index (κ2) is 7.56. The van der Waals surface area contributed by atoms with E-state index < -0.39 is 11.4 Å². The number of nitrogens with two attached hydrogens (primary N) is 1. The van der Waals surface area contributed by atoms with Crippen molar-refractivity contribution in [1.29, 1.82) is 0 Å². The molecule has 2 aliphatic carbocycles. The van der Waals surface area contributed by atoms with Gasteiger partial charge < -0.3 is 15.5 Å². The molecule has 1 aromatic carbocycles. The first-order valence-corrected chi connectivity index (χ1v) is 10.4. The minimum Gasteiger partial charge on any atom is -0.493 e. The number of benzene rings is 1. The number of rotatable bonds is 6. The van der Waals surface area contributed by atoms with Crippen LogP contribution in [0, 0.1) is 11.7 Å². The van der Waals surface area contributed by atoms with E-state index in [1.54, 1.807) is 17.8 Å². The van der Waals surface area contributed by atoms with Crippen LogP contribution in [0.25, 0.3) is 10.9 Å². The van der Waals surface area contributed by atoms with Gasteiger partial charge in [0.25, 0.3) is 5.56 Å². The van der Waals surface area contributed by atoms with E-state index in [1.807, 2.05) is 0 Å². The quantitative estimate of drug-likeness (QED) is 0.807. The van der Waals surface area contributed by atoms with E-state index >= 15 is 0 Å². The third-order valence-electron chi connectivity index (χ3n) is 5.14. The molecule has 2 fully saturated rings. The Morgan fingerprint density at radius 1 is 1.23 bits per heavy atom. The summed E-state index contributed by atoms with van der Waals surface area (Å²) >= 11 is 1.79. The molecule has 5 nitrogen and oxygen atoms in total. The van der Waals surface area contributed by atoms with Gasteiger partial charge in [0.15, 0.2) is 0 Å². The Labute approximate surface area is 155 Å². The Balaban J connectivity index is 1.50. The maximum Gasteiger partial charge on any atom is 0.261 e. The zero-order valence-electron chi connectivity index (χ0n) is 14.7. The summed E-state index contributed by atoms with van der Waals surface area (Å²) in [6, 6.07) is 3.27. The molecule has 1 aromatic heterocycles. The zero-order chi connectivity index (χ0) is 18.1. The SMILES string of the molecule is N[C@H]1CC[C@H](SCc2nc3cc(OCC4CC4)cc(F)c3c(=O)[nH]2)CC1. The fourth-order valence-corrected chi connectivity index (χ4v) is 4.49. The third kappa shape index (κ3) is 4.20. The molecular formula is C19H24FN3O2S. The van der Waals surface area contributed by atoms with E-state index in [0.29, 0.717) is 46.7 Å². The van der Waals surface area contributed by atoms with E-state index in [4.69, 9.17) is 10.5 Å². The van der Waals surface area contributed by atoms with E-state index in [2.05, 4.69) is 9.97 Å². The molecule has 0 aliphatic heterocycles. The van der Waals surface area contributed by atoms with Crippen LogP contribution in [0.2, 0.25) is 0 Å². The van der Waals surface area contributed by atoms with Crippen LogP contribution >= 0.6 is 11.8 Å². The Kier molecular flexibility index (Phi) is 5.18. The van der Waals surface area contributed by atoms with Gasteiger partial charge in [-0.05, 0) is 44.4 Å². The van der Waals surface area contributed by atoms with Crippen molar-refractivity contribution >= 4 is 22.7 Å². The van der Waals surface area contributed by atoms with Crippen LogP contribution in [0.1, 0.15) is 44.3 Å². The van der Waals surface area contributed by atoms with Gasteiger partial charge in [0.05, 0.1) is 17.9 Å². The highest BCUT2D eigenvalue weighted by atomic mass is 32.2. The maximum atomic E-state index is 14.3. The molecule has 2 aromatic rings. The summed E-state index contributed by atoms with van der Waals surface area (Å²) in [7, 11) is 0. The average Bonchev–Trinajstić information content (AvgIpc) is 3.43. The van der Waals surface area contributed by atoms with Crippen LogP contribution < -0.4 is 16.0 Å². The van der Waals surface area contributed by atoms with Crippen LogP contribution in [0.4, 0.5) is 4.39 Å². The smallest absolute Gasteiger partial charge is 0.261 e. The number of H-pyrrole nitrogens is 1. The van der Waals surface area contributed by atoms with Gasteiger partial charge in [0.2, 0.25) is 0 Å². The van der Waals surface area contributed by atoms with Gasteiger partial charge in [-0.1, -0.05) is 0 Å². The monoisotopic (exact) mass is 377 g/mol. The predicted octanol–water partition coefficient (Wildman–Crippen LogP) is 3.35. The van der Waals surface area contributed by atoms with Crippen molar-refractivity contribution in [2.45, 2.75) is 55.6 Å². The van der Waals surface area contributed by atoms with Crippen molar-refractivity contribution in [2.24, 2.45) is 11.7 Å². The summed E-state index contributed by atoms with van der Waals surface area (Å²) in [6.45, 7) is 0.598. The third-order valence-corrected chi connectivity index (χ3v) is 6.52. The van der Waals surface area contributed by atoms with E-state index in [9.17, 15) is 9.18 Å². The Hall–Kier alpha value is -1.60. The van der Waals surface area contributed by atoms with Crippen LogP contribution in [-0.2, 0) is 5.75 Å². The van der Waals surface area contributed by atoms with Gasteiger partial charge in [-0.3, -0.25) is 4.79 Å². The topological polar surface area (TPSA) is 81.0 Å². The minimum atomic E-state index is -0.581. The molecule has 140 valence electrons. The number of aromatic nitrogens is 2. The van der Waals surface area contributed by atoms with Gasteiger partial charge in [-0.2, -0.15) is 11.8 Å². The molecule has 4 rings (SSSR count). The van der Waals surface area contributed by atoms with Crippen molar-refractivity contribution in [3.63, 3.8) is 0 Å². The fourth-order valence-electron chi connectivity index (χ4n) is 3.35. The second-order valence-corrected chi connectivity index (χ2v) is 8.70. The molecule has 0 atom stereocenters. The summed E-state index contributed by atoms with van der Waals surface area (Å²) in [5.41, 5.74) is 5.88. The summed E-state index contributed by atoms with van der Waals surface area (Å²) in [5.74, 6) is 1.64. The number of aromatic amines is 1. The molecule has 7 heteroatoms. The lowest BCUT2D eigenvalue weighted by molar-refractivity contribution is 0.299. The fraction of sp³-hybridized carbons (Fsp3) is 0.579. The lowest BCUT2D eigenvalue weighted by Crippen LogP contribution is -2.27. The largest absolute Gasteiger partial charge is 0.493 e. The Morgan fingerprint density at radius 3 is 2.73 bits per heavy atom. The number of ether oxygens (including phenoxy) is 1. The van der Waals surface area contributed by atoms with E-state index in [1.165, 1.54) is 18.9 Å². The first kappa shape index (κ1) is 17.8. The highest BCUT2D eigenvalue weighted by Crippen LogP contribution is 2.31. The molecule has 0 amide bonds. The Morgan fingerprint density at radius 2 is 2.00 bits per heavy atom. The maximum absolute atomic E-state index is 14.3. The molecule has 0 unspecified atom stereocenters. The van der Waals surface area contributed by atoms with Gasteiger partial charge in [-0.15, -0.1) is 0 Å². The van der Waals surface area contributed by atoms with Gasteiger partial charge in [0, 0.05) is 23.4 Å². The lowest BCUT2D eigenvalue weighted by Gasteiger charge is -2.25. The van der Waals surface area contributed by atoms with Crippen LogP contribution in [-0.4, -0.2) is 27.9 Å². The van der Waals surface area contributed by atoms with Crippen molar-refractivity contribution in [2.75, 3.05) is 6.61 Å². The second-order valence-electron chi connectivity index (χ2n) is 7.41. The molecular weight excluding hydrogens is 353 g/mol. The number of hydrogen-bond acceptors (Lipinski definition) is 5. The van der Waals surface area contributed by atoms with Gasteiger partial charge in [0.1, 0.15) is 22.8 Å².